The molecule has 0 fully saturated rings. The highest BCUT2D eigenvalue weighted by Gasteiger charge is 2.24. The molecule has 1 aliphatic rings. The van der Waals surface area contributed by atoms with E-state index in [1.807, 2.05) is 47.1 Å². The van der Waals surface area contributed by atoms with Gasteiger partial charge in [-0.25, -0.2) is 4.68 Å². The van der Waals surface area contributed by atoms with Gasteiger partial charge in [-0.2, -0.15) is 5.26 Å². The molecule has 0 unspecified atom stereocenters. The smallest absolute Gasteiger partial charge is 0.157 e. The number of rotatable bonds is 4. The minimum atomic E-state index is 0.434. The van der Waals surface area contributed by atoms with E-state index < -0.39 is 0 Å². The maximum Gasteiger partial charge on any atom is 0.157 e. The van der Waals surface area contributed by atoms with Crippen LogP contribution in [0.1, 0.15) is 16.8 Å². The summed E-state index contributed by atoms with van der Waals surface area (Å²) < 4.78 is 2.05. The zero-order valence-electron chi connectivity index (χ0n) is 14.8. The van der Waals surface area contributed by atoms with E-state index in [4.69, 9.17) is 10.4 Å². The van der Waals surface area contributed by atoms with Gasteiger partial charge in [-0.05, 0) is 36.9 Å². The molecule has 2 heterocycles. The normalized spacial score (nSPS) is 13.8. The maximum atomic E-state index is 8.85. The lowest BCUT2D eigenvalue weighted by molar-refractivity contribution is 0.310. The van der Waals surface area contributed by atoms with E-state index in [0.717, 1.165) is 42.3 Å². The molecule has 0 radical (unpaired) electrons. The molecule has 0 aliphatic carbocycles. The van der Waals surface area contributed by atoms with Crippen LogP contribution >= 0.6 is 0 Å². The second-order valence-electron chi connectivity index (χ2n) is 6.67. The van der Waals surface area contributed by atoms with Gasteiger partial charge in [0.25, 0.3) is 0 Å². The van der Waals surface area contributed by atoms with Gasteiger partial charge in [0.15, 0.2) is 5.82 Å². The Kier molecular flexibility index (Phi) is 4.42. The fourth-order valence-electron chi connectivity index (χ4n) is 3.37. The van der Waals surface area contributed by atoms with Crippen molar-refractivity contribution in [2.24, 2.45) is 0 Å². The van der Waals surface area contributed by atoms with Crippen LogP contribution < -0.4 is 5.32 Å². The molecule has 4 rings (SSSR count). The average molecular weight is 343 g/mol. The third-order valence-electron chi connectivity index (χ3n) is 4.75. The number of fused-ring (bicyclic) bond motifs is 1. The quantitative estimate of drug-likeness (QED) is 0.785. The molecule has 0 saturated carbocycles. The Morgan fingerprint density at radius 1 is 1.12 bits per heavy atom. The molecule has 2 aromatic carbocycles. The van der Waals surface area contributed by atoms with E-state index >= 15 is 0 Å². The lowest BCUT2D eigenvalue weighted by Gasteiger charge is -2.23. The summed E-state index contributed by atoms with van der Waals surface area (Å²) in [6.45, 7) is 1.91. The zero-order valence-corrected chi connectivity index (χ0v) is 14.8. The molecule has 26 heavy (non-hydrogen) atoms. The molecule has 130 valence electrons. The molecule has 0 atom stereocenters. The summed E-state index contributed by atoms with van der Waals surface area (Å²) in [6.07, 6.45) is 1.40. The summed E-state index contributed by atoms with van der Waals surface area (Å²) in [6, 6.07) is 20.4. The fraction of sp³-hybridized carbons (Fsp3) is 0.238. The molecule has 0 bridgehead atoms. The van der Waals surface area contributed by atoms with Crippen LogP contribution in [0.25, 0.3) is 5.69 Å². The van der Waals surface area contributed by atoms with E-state index in [1.54, 1.807) is 0 Å². The predicted molar refractivity (Wildman–Crippen MR) is 103 cm³/mol. The number of nitrogens with zero attached hydrogens (tertiary/aromatic N) is 4. The van der Waals surface area contributed by atoms with E-state index in [9.17, 15) is 0 Å². The largest absolute Gasteiger partial charge is 0.338 e. The molecule has 0 spiro atoms. The second kappa shape index (κ2) is 7.03. The van der Waals surface area contributed by atoms with Crippen molar-refractivity contribution in [3.8, 4) is 11.8 Å². The predicted octanol–water partition coefficient (Wildman–Crippen LogP) is 3.67. The number of anilines is 2. The highest BCUT2D eigenvalue weighted by Crippen LogP contribution is 2.30. The Hall–Kier alpha value is -3.10. The summed E-state index contributed by atoms with van der Waals surface area (Å²) >= 11 is 0. The molecule has 5 heteroatoms. The number of benzene rings is 2. The van der Waals surface area contributed by atoms with Crippen LogP contribution in [0.15, 0.2) is 54.6 Å². The van der Waals surface area contributed by atoms with E-state index in [0.29, 0.717) is 6.42 Å². The average Bonchev–Trinajstić information content (AvgIpc) is 3.01. The summed E-state index contributed by atoms with van der Waals surface area (Å²) in [7, 11) is 2.14. The molecule has 0 amide bonds. The van der Waals surface area contributed by atoms with Gasteiger partial charge < -0.3 is 10.2 Å². The standard InChI is InChI=1S/C21H21N5/c1-25-14-12-20-19(15-25)21(23-17-5-3-2-4-6-17)24-26(20)18-9-7-16(8-10-18)11-13-22/h2-10H,11-12,14-15H2,1H3,(H,23,24). The highest BCUT2D eigenvalue weighted by atomic mass is 15.3. The van der Waals surface area contributed by atoms with Crippen LogP contribution in [0.5, 0.6) is 0 Å². The Bertz CT molecular complexity index is 935. The Morgan fingerprint density at radius 2 is 1.88 bits per heavy atom. The van der Waals surface area contributed by atoms with Gasteiger partial charge in [-0.3, -0.25) is 0 Å². The van der Waals surface area contributed by atoms with Crippen molar-refractivity contribution in [3.63, 3.8) is 0 Å². The minimum Gasteiger partial charge on any atom is -0.338 e. The zero-order chi connectivity index (χ0) is 17.9. The van der Waals surface area contributed by atoms with E-state index in [-0.39, 0.29) is 0 Å². The Labute approximate surface area is 153 Å². The monoisotopic (exact) mass is 343 g/mol. The van der Waals surface area contributed by atoms with Crippen molar-refractivity contribution in [2.45, 2.75) is 19.4 Å². The van der Waals surface area contributed by atoms with Crippen LogP contribution in [-0.2, 0) is 19.4 Å². The number of aromatic nitrogens is 2. The van der Waals surface area contributed by atoms with Crippen molar-refractivity contribution in [2.75, 3.05) is 18.9 Å². The van der Waals surface area contributed by atoms with Crippen LogP contribution in [0.3, 0.4) is 0 Å². The molecule has 3 aromatic rings. The number of nitrogens with one attached hydrogen (secondary N) is 1. The fourth-order valence-corrected chi connectivity index (χ4v) is 3.37. The van der Waals surface area contributed by atoms with Gasteiger partial charge in [0, 0.05) is 30.8 Å². The van der Waals surface area contributed by atoms with Crippen LogP contribution in [0, 0.1) is 11.3 Å². The first-order valence-electron chi connectivity index (χ1n) is 8.82. The number of likely N-dealkylation sites (N-methyl/N-ethyl adjacent to an activating group) is 1. The van der Waals surface area contributed by atoms with E-state index in [1.165, 1.54) is 11.3 Å². The van der Waals surface area contributed by atoms with Crippen molar-refractivity contribution < 1.29 is 0 Å². The van der Waals surface area contributed by atoms with Crippen molar-refractivity contribution in [1.29, 1.82) is 5.26 Å². The summed E-state index contributed by atoms with van der Waals surface area (Å²) in [5.74, 6) is 0.916. The van der Waals surface area contributed by atoms with Gasteiger partial charge in [-0.1, -0.05) is 30.3 Å². The molecular formula is C21H21N5. The molecule has 0 saturated heterocycles. The molecule has 1 aliphatic heterocycles. The summed E-state index contributed by atoms with van der Waals surface area (Å²) in [5, 5.41) is 17.2. The van der Waals surface area contributed by atoms with Gasteiger partial charge >= 0.3 is 0 Å². The third-order valence-corrected chi connectivity index (χ3v) is 4.75. The lowest BCUT2D eigenvalue weighted by Crippen LogP contribution is -2.27. The van der Waals surface area contributed by atoms with E-state index in [2.05, 4.69) is 35.5 Å². The minimum absolute atomic E-state index is 0.434. The van der Waals surface area contributed by atoms with Gasteiger partial charge in [-0.15, -0.1) is 5.10 Å². The van der Waals surface area contributed by atoms with Gasteiger partial charge in [0.05, 0.1) is 23.9 Å². The number of nitriles is 1. The lowest BCUT2D eigenvalue weighted by atomic mass is 10.1. The highest BCUT2D eigenvalue weighted by molar-refractivity contribution is 5.61. The Morgan fingerprint density at radius 3 is 2.62 bits per heavy atom. The topological polar surface area (TPSA) is 56.9 Å². The maximum absolute atomic E-state index is 8.85. The molecule has 1 N–H and O–H groups in total. The summed E-state index contributed by atoms with van der Waals surface area (Å²) in [5.41, 5.74) is 5.61. The van der Waals surface area contributed by atoms with Crippen molar-refractivity contribution in [3.05, 3.63) is 71.4 Å². The molecular weight excluding hydrogens is 322 g/mol. The molecule has 5 nitrogen and oxygen atoms in total. The van der Waals surface area contributed by atoms with Crippen molar-refractivity contribution >= 4 is 11.5 Å². The third kappa shape index (κ3) is 3.19. The van der Waals surface area contributed by atoms with Crippen molar-refractivity contribution in [1.82, 2.24) is 14.7 Å². The number of hydrogen-bond donors (Lipinski definition) is 1. The van der Waals surface area contributed by atoms with Gasteiger partial charge in [0.1, 0.15) is 0 Å². The first-order valence-corrected chi connectivity index (χ1v) is 8.82. The molecule has 1 aromatic heterocycles. The van der Waals surface area contributed by atoms with Gasteiger partial charge in [0.2, 0.25) is 0 Å². The first-order chi connectivity index (χ1) is 12.7. The Balaban J connectivity index is 1.73. The van der Waals surface area contributed by atoms with Crippen LogP contribution in [0.4, 0.5) is 11.5 Å². The first kappa shape index (κ1) is 16.4. The number of para-hydroxylation sites is 1. The summed E-state index contributed by atoms with van der Waals surface area (Å²) in [4.78, 5) is 2.32. The second-order valence-corrected chi connectivity index (χ2v) is 6.67. The number of hydrogen-bond acceptors (Lipinski definition) is 4. The van der Waals surface area contributed by atoms with Crippen LogP contribution in [0.2, 0.25) is 0 Å². The van der Waals surface area contributed by atoms with Crippen LogP contribution in [-0.4, -0.2) is 28.3 Å². The SMILES string of the molecule is CN1CCc2c(c(Nc3ccccc3)nn2-c2ccc(CC#N)cc2)C1.